The number of ether oxygens (including phenoxy) is 3. The highest BCUT2D eigenvalue weighted by atomic mass is 16.5. The molecule has 0 aromatic heterocycles. The molecular formula is C21H24O6. The molecule has 6 heteroatoms. The average Bonchev–Trinajstić information content (AvgIpc) is 2.66. The van der Waals surface area contributed by atoms with Gasteiger partial charge in [0.05, 0.1) is 20.8 Å². The van der Waals surface area contributed by atoms with Gasteiger partial charge in [-0.25, -0.2) is 0 Å². The summed E-state index contributed by atoms with van der Waals surface area (Å²) in [5, 5.41) is 9.63. The van der Waals surface area contributed by atoms with Gasteiger partial charge in [-0.05, 0) is 48.7 Å². The number of aliphatic carboxylic acids is 1. The molecule has 0 fully saturated rings. The van der Waals surface area contributed by atoms with E-state index in [1.165, 1.54) is 7.11 Å². The van der Waals surface area contributed by atoms with Crippen LogP contribution in [0.4, 0.5) is 0 Å². The standard InChI is InChI=1S/C21H24O6/c1-4-27-18-12-15(11-17(13-18)26-3)20(21(23)24)19(22)10-7-14-5-8-16(25-2)9-6-14/h5-6,8-9,11-13,20H,4,7,10H2,1-3H3,(H,23,24). The predicted octanol–water partition coefficient (Wildman–Crippen LogP) is 3.47. The van der Waals surface area contributed by atoms with E-state index < -0.39 is 11.9 Å². The van der Waals surface area contributed by atoms with Crippen LogP contribution in [0.3, 0.4) is 0 Å². The van der Waals surface area contributed by atoms with Crippen LogP contribution in [-0.2, 0) is 16.0 Å². The molecule has 0 amide bonds. The maximum Gasteiger partial charge on any atom is 0.318 e. The van der Waals surface area contributed by atoms with Crippen molar-refractivity contribution in [1.29, 1.82) is 0 Å². The van der Waals surface area contributed by atoms with Crippen LogP contribution in [0.25, 0.3) is 0 Å². The molecule has 0 aliphatic carbocycles. The molecule has 0 aliphatic heterocycles. The lowest BCUT2D eigenvalue weighted by Crippen LogP contribution is -2.22. The van der Waals surface area contributed by atoms with Crippen LogP contribution < -0.4 is 14.2 Å². The van der Waals surface area contributed by atoms with Crippen LogP contribution in [0, 0.1) is 0 Å². The summed E-state index contributed by atoms with van der Waals surface area (Å²) in [6, 6.07) is 12.1. The number of ketones is 1. The topological polar surface area (TPSA) is 82.1 Å². The Morgan fingerprint density at radius 3 is 2.15 bits per heavy atom. The van der Waals surface area contributed by atoms with Crippen molar-refractivity contribution in [1.82, 2.24) is 0 Å². The van der Waals surface area contributed by atoms with Crippen LogP contribution in [-0.4, -0.2) is 37.7 Å². The summed E-state index contributed by atoms with van der Waals surface area (Å²) in [4.78, 5) is 24.4. The average molecular weight is 372 g/mol. The van der Waals surface area contributed by atoms with Gasteiger partial charge < -0.3 is 19.3 Å². The summed E-state index contributed by atoms with van der Waals surface area (Å²) in [5.41, 5.74) is 1.29. The van der Waals surface area contributed by atoms with Crippen molar-refractivity contribution in [2.75, 3.05) is 20.8 Å². The van der Waals surface area contributed by atoms with Crippen LogP contribution in [0.5, 0.6) is 17.2 Å². The van der Waals surface area contributed by atoms with E-state index in [1.54, 1.807) is 25.3 Å². The molecule has 0 radical (unpaired) electrons. The number of methoxy groups -OCH3 is 2. The van der Waals surface area contributed by atoms with Crippen LogP contribution in [0.1, 0.15) is 30.4 Å². The Morgan fingerprint density at radius 1 is 0.963 bits per heavy atom. The van der Waals surface area contributed by atoms with Gasteiger partial charge in [0, 0.05) is 12.5 Å². The van der Waals surface area contributed by atoms with Gasteiger partial charge in [-0.1, -0.05) is 12.1 Å². The molecule has 2 aromatic carbocycles. The van der Waals surface area contributed by atoms with E-state index in [9.17, 15) is 14.7 Å². The number of hydrogen-bond acceptors (Lipinski definition) is 5. The lowest BCUT2D eigenvalue weighted by Gasteiger charge is -2.15. The molecular weight excluding hydrogens is 348 g/mol. The first-order chi connectivity index (χ1) is 13.0. The maximum atomic E-state index is 12.7. The second-order valence-corrected chi connectivity index (χ2v) is 5.96. The molecule has 6 nitrogen and oxygen atoms in total. The number of hydrogen-bond donors (Lipinski definition) is 1. The van der Waals surface area contributed by atoms with E-state index in [4.69, 9.17) is 14.2 Å². The van der Waals surface area contributed by atoms with Crippen molar-refractivity contribution in [2.24, 2.45) is 0 Å². The fourth-order valence-electron chi connectivity index (χ4n) is 2.80. The number of carbonyl (C=O) groups excluding carboxylic acids is 1. The van der Waals surface area contributed by atoms with Crippen LogP contribution in [0.2, 0.25) is 0 Å². The van der Waals surface area contributed by atoms with Crippen molar-refractivity contribution < 1.29 is 28.9 Å². The zero-order valence-corrected chi connectivity index (χ0v) is 15.7. The lowest BCUT2D eigenvalue weighted by molar-refractivity contribution is -0.142. The Hall–Kier alpha value is -3.02. The number of carbonyl (C=O) groups is 2. The quantitative estimate of drug-likeness (QED) is 0.643. The van der Waals surface area contributed by atoms with Crippen molar-refractivity contribution in [3.05, 3.63) is 53.6 Å². The van der Waals surface area contributed by atoms with Gasteiger partial charge in [0.25, 0.3) is 0 Å². The highest BCUT2D eigenvalue weighted by molar-refractivity contribution is 6.04. The Kier molecular flexibility index (Phi) is 7.23. The largest absolute Gasteiger partial charge is 0.497 e. The Balaban J connectivity index is 2.19. The Bertz CT molecular complexity index is 782. The van der Waals surface area contributed by atoms with Crippen molar-refractivity contribution >= 4 is 11.8 Å². The van der Waals surface area contributed by atoms with E-state index in [-0.39, 0.29) is 12.2 Å². The molecule has 0 saturated carbocycles. The van der Waals surface area contributed by atoms with Gasteiger partial charge in [0.1, 0.15) is 23.2 Å². The van der Waals surface area contributed by atoms with Gasteiger partial charge in [0.2, 0.25) is 0 Å². The van der Waals surface area contributed by atoms with Gasteiger partial charge >= 0.3 is 5.97 Å². The molecule has 0 saturated heterocycles. The molecule has 2 rings (SSSR count). The van der Waals surface area contributed by atoms with Gasteiger partial charge in [-0.2, -0.15) is 0 Å². The highest BCUT2D eigenvalue weighted by Crippen LogP contribution is 2.29. The molecule has 144 valence electrons. The van der Waals surface area contributed by atoms with Crippen LogP contribution in [0.15, 0.2) is 42.5 Å². The second-order valence-electron chi connectivity index (χ2n) is 5.96. The third-order valence-electron chi connectivity index (χ3n) is 4.17. The molecule has 1 atom stereocenters. The fourth-order valence-corrected chi connectivity index (χ4v) is 2.80. The first kappa shape index (κ1) is 20.3. The third-order valence-corrected chi connectivity index (χ3v) is 4.17. The molecule has 1 unspecified atom stereocenters. The van der Waals surface area contributed by atoms with Gasteiger partial charge in [-0.15, -0.1) is 0 Å². The maximum absolute atomic E-state index is 12.7. The highest BCUT2D eigenvalue weighted by Gasteiger charge is 2.28. The first-order valence-corrected chi connectivity index (χ1v) is 8.68. The van der Waals surface area contributed by atoms with Crippen molar-refractivity contribution in [3.8, 4) is 17.2 Å². The van der Waals surface area contributed by atoms with E-state index in [0.29, 0.717) is 30.1 Å². The summed E-state index contributed by atoms with van der Waals surface area (Å²) < 4.78 is 15.8. The molecule has 0 bridgehead atoms. The molecule has 1 N–H and O–H groups in total. The Morgan fingerprint density at radius 2 is 1.59 bits per heavy atom. The van der Waals surface area contributed by atoms with Crippen molar-refractivity contribution in [3.63, 3.8) is 0 Å². The number of benzene rings is 2. The Labute approximate surface area is 158 Å². The molecule has 2 aromatic rings. The lowest BCUT2D eigenvalue weighted by atomic mass is 9.91. The number of aryl methyl sites for hydroxylation is 1. The number of rotatable bonds is 10. The van der Waals surface area contributed by atoms with Crippen LogP contribution >= 0.6 is 0 Å². The van der Waals surface area contributed by atoms with Gasteiger partial charge in [-0.3, -0.25) is 9.59 Å². The number of Topliss-reactive ketones (excluding diaryl/α,β-unsaturated/α-hetero) is 1. The first-order valence-electron chi connectivity index (χ1n) is 8.68. The molecule has 27 heavy (non-hydrogen) atoms. The van der Waals surface area contributed by atoms with Gasteiger partial charge in [0.15, 0.2) is 5.78 Å². The third kappa shape index (κ3) is 5.48. The second kappa shape index (κ2) is 9.62. The summed E-state index contributed by atoms with van der Waals surface area (Å²) in [6.45, 7) is 2.25. The van der Waals surface area contributed by atoms with E-state index in [2.05, 4.69) is 0 Å². The minimum Gasteiger partial charge on any atom is -0.497 e. The molecule has 0 heterocycles. The number of carboxylic acids is 1. The summed E-state index contributed by atoms with van der Waals surface area (Å²) >= 11 is 0. The minimum absolute atomic E-state index is 0.116. The molecule has 0 aliphatic rings. The fraction of sp³-hybridized carbons (Fsp3) is 0.333. The van der Waals surface area contributed by atoms with E-state index >= 15 is 0 Å². The van der Waals surface area contributed by atoms with E-state index in [0.717, 1.165) is 11.3 Å². The predicted molar refractivity (Wildman–Crippen MR) is 101 cm³/mol. The monoisotopic (exact) mass is 372 g/mol. The summed E-state index contributed by atoms with van der Waals surface area (Å²) in [6.07, 6.45) is 0.569. The molecule has 0 spiro atoms. The number of carboxylic acid groups (broad SMARTS) is 1. The minimum atomic E-state index is -1.27. The van der Waals surface area contributed by atoms with Crippen molar-refractivity contribution in [2.45, 2.75) is 25.7 Å². The summed E-state index contributed by atoms with van der Waals surface area (Å²) in [7, 11) is 3.07. The smallest absolute Gasteiger partial charge is 0.318 e. The normalized spacial score (nSPS) is 11.5. The SMILES string of the molecule is CCOc1cc(OC)cc(C(C(=O)O)C(=O)CCc2ccc(OC)cc2)c1. The van der Waals surface area contributed by atoms with E-state index in [1.807, 2.05) is 31.2 Å². The zero-order chi connectivity index (χ0) is 19.8. The summed E-state index contributed by atoms with van der Waals surface area (Å²) in [5.74, 6) is -1.17. The zero-order valence-electron chi connectivity index (χ0n) is 15.7.